The number of halogens is 1. The molecule has 0 aliphatic heterocycles. The van der Waals surface area contributed by atoms with Gasteiger partial charge in [-0.2, -0.15) is 0 Å². The van der Waals surface area contributed by atoms with Crippen LogP contribution in [-0.2, 0) is 4.79 Å². The van der Waals surface area contributed by atoms with Gasteiger partial charge in [0.15, 0.2) is 11.6 Å². The molecular formula is C19H18FN5O2S. The van der Waals surface area contributed by atoms with Crippen molar-refractivity contribution in [2.24, 2.45) is 0 Å². The number of nitrogens with zero attached hydrogens (tertiary/aromatic N) is 3. The molecule has 1 aromatic heterocycles. The van der Waals surface area contributed by atoms with E-state index in [1.54, 1.807) is 49.4 Å². The number of Topliss-reactive ketones (excluding diaryl/α,β-unsaturated/α-hetero) is 1. The first kappa shape index (κ1) is 19.6. The summed E-state index contributed by atoms with van der Waals surface area (Å²) < 4.78 is 15.1. The highest BCUT2D eigenvalue weighted by molar-refractivity contribution is 8.00. The SMILES string of the molecule is CC(=O)c1ccc(NC(=O)C(C)Sc2nnc(-c3ccccc3F)n2N)cc1. The van der Waals surface area contributed by atoms with Gasteiger partial charge in [0, 0.05) is 11.3 Å². The van der Waals surface area contributed by atoms with Gasteiger partial charge in [0.25, 0.3) is 0 Å². The number of hydrogen-bond donors (Lipinski definition) is 2. The van der Waals surface area contributed by atoms with Crippen molar-refractivity contribution in [3.8, 4) is 11.4 Å². The Balaban J connectivity index is 1.69. The van der Waals surface area contributed by atoms with Crippen molar-refractivity contribution in [2.45, 2.75) is 24.3 Å². The standard InChI is InChI=1S/C19H18FN5O2S/c1-11(26)13-7-9-14(10-8-13)22-18(27)12(2)28-19-24-23-17(25(19)21)15-5-3-4-6-16(15)20/h3-10,12H,21H2,1-2H3,(H,22,27). The Morgan fingerprint density at radius 3 is 2.46 bits per heavy atom. The molecule has 144 valence electrons. The van der Waals surface area contributed by atoms with E-state index in [0.717, 1.165) is 16.4 Å². The van der Waals surface area contributed by atoms with Gasteiger partial charge in [0.05, 0.1) is 10.8 Å². The number of thioether (sulfide) groups is 1. The molecule has 28 heavy (non-hydrogen) atoms. The van der Waals surface area contributed by atoms with Crippen molar-refractivity contribution >= 4 is 29.1 Å². The highest BCUT2D eigenvalue weighted by Crippen LogP contribution is 2.26. The van der Waals surface area contributed by atoms with Crippen molar-refractivity contribution in [1.29, 1.82) is 0 Å². The van der Waals surface area contributed by atoms with Crippen LogP contribution in [0, 0.1) is 5.82 Å². The number of carbonyl (C=O) groups is 2. The zero-order chi connectivity index (χ0) is 20.3. The van der Waals surface area contributed by atoms with Crippen LogP contribution in [0.4, 0.5) is 10.1 Å². The van der Waals surface area contributed by atoms with Crippen molar-refractivity contribution in [1.82, 2.24) is 14.9 Å². The van der Waals surface area contributed by atoms with Crippen LogP contribution >= 0.6 is 11.8 Å². The first-order valence-electron chi connectivity index (χ1n) is 8.40. The molecule has 0 aliphatic carbocycles. The Morgan fingerprint density at radius 1 is 1.14 bits per heavy atom. The maximum Gasteiger partial charge on any atom is 0.237 e. The van der Waals surface area contributed by atoms with Crippen LogP contribution < -0.4 is 11.2 Å². The van der Waals surface area contributed by atoms with E-state index in [0.29, 0.717) is 11.3 Å². The first-order chi connectivity index (χ1) is 13.4. The fourth-order valence-corrected chi connectivity index (χ4v) is 3.20. The van der Waals surface area contributed by atoms with Crippen LogP contribution in [0.25, 0.3) is 11.4 Å². The van der Waals surface area contributed by atoms with E-state index in [2.05, 4.69) is 15.5 Å². The van der Waals surface area contributed by atoms with Crippen LogP contribution in [0.2, 0.25) is 0 Å². The third-order valence-corrected chi connectivity index (χ3v) is 5.05. The summed E-state index contributed by atoms with van der Waals surface area (Å²) in [6.07, 6.45) is 0. The van der Waals surface area contributed by atoms with Crippen molar-refractivity contribution in [2.75, 3.05) is 11.2 Å². The number of aromatic nitrogens is 3. The minimum absolute atomic E-state index is 0.0465. The molecule has 7 nitrogen and oxygen atoms in total. The van der Waals surface area contributed by atoms with E-state index in [1.807, 2.05) is 0 Å². The summed E-state index contributed by atoms with van der Waals surface area (Å²) >= 11 is 1.10. The molecule has 0 saturated carbocycles. The van der Waals surface area contributed by atoms with Gasteiger partial charge in [-0.25, -0.2) is 9.07 Å². The highest BCUT2D eigenvalue weighted by atomic mass is 32.2. The number of rotatable bonds is 6. The summed E-state index contributed by atoms with van der Waals surface area (Å²) in [5, 5.41) is 10.4. The number of nitrogens with one attached hydrogen (secondary N) is 1. The lowest BCUT2D eigenvalue weighted by Gasteiger charge is -2.12. The Hall–Kier alpha value is -3.20. The van der Waals surface area contributed by atoms with E-state index < -0.39 is 11.1 Å². The quantitative estimate of drug-likeness (QED) is 0.375. The largest absolute Gasteiger partial charge is 0.335 e. The average molecular weight is 399 g/mol. The van der Waals surface area contributed by atoms with E-state index in [1.165, 1.54) is 13.0 Å². The molecule has 0 fully saturated rings. The van der Waals surface area contributed by atoms with Gasteiger partial charge in [0.2, 0.25) is 11.1 Å². The zero-order valence-electron chi connectivity index (χ0n) is 15.2. The van der Waals surface area contributed by atoms with Gasteiger partial charge < -0.3 is 11.2 Å². The monoisotopic (exact) mass is 399 g/mol. The Bertz CT molecular complexity index is 1020. The summed E-state index contributed by atoms with van der Waals surface area (Å²) in [6.45, 7) is 3.17. The second-order valence-corrected chi connectivity index (χ2v) is 7.35. The number of ketones is 1. The molecule has 1 heterocycles. The second-order valence-electron chi connectivity index (χ2n) is 6.04. The fourth-order valence-electron chi connectivity index (χ4n) is 2.43. The number of benzene rings is 2. The second kappa shape index (κ2) is 8.22. The van der Waals surface area contributed by atoms with Crippen molar-refractivity contribution in [3.05, 3.63) is 59.9 Å². The Kier molecular flexibility index (Phi) is 5.74. The summed E-state index contributed by atoms with van der Waals surface area (Å²) in [5.41, 5.74) is 1.37. The predicted octanol–water partition coefficient (Wildman–Crippen LogP) is 3.12. The molecule has 0 saturated heterocycles. The number of anilines is 1. The normalized spacial score (nSPS) is 11.8. The van der Waals surface area contributed by atoms with Crippen molar-refractivity contribution < 1.29 is 14.0 Å². The fraction of sp³-hybridized carbons (Fsp3) is 0.158. The summed E-state index contributed by atoms with van der Waals surface area (Å²) in [4.78, 5) is 23.7. The van der Waals surface area contributed by atoms with Crippen LogP contribution in [0.15, 0.2) is 53.7 Å². The topological polar surface area (TPSA) is 103 Å². The molecule has 0 spiro atoms. The molecule has 0 aliphatic rings. The lowest BCUT2D eigenvalue weighted by molar-refractivity contribution is -0.115. The summed E-state index contributed by atoms with van der Waals surface area (Å²) in [7, 11) is 0. The number of hydrogen-bond acceptors (Lipinski definition) is 6. The number of nitrogens with two attached hydrogens (primary N) is 1. The number of amides is 1. The smallest absolute Gasteiger partial charge is 0.237 e. The molecule has 0 radical (unpaired) electrons. The molecule has 3 rings (SSSR count). The molecule has 2 aromatic carbocycles. The minimum Gasteiger partial charge on any atom is -0.335 e. The van der Waals surface area contributed by atoms with Gasteiger partial charge in [-0.05, 0) is 50.2 Å². The van der Waals surface area contributed by atoms with Crippen LogP contribution in [0.5, 0.6) is 0 Å². The maximum absolute atomic E-state index is 13.9. The van der Waals surface area contributed by atoms with E-state index in [-0.39, 0.29) is 28.2 Å². The molecule has 1 amide bonds. The van der Waals surface area contributed by atoms with Gasteiger partial charge in [-0.1, -0.05) is 23.9 Å². The highest BCUT2D eigenvalue weighted by Gasteiger charge is 2.21. The van der Waals surface area contributed by atoms with Crippen LogP contribution in [0.3, 0.4) is 0 Å². The third kappa shape index (κ3) is 4.20. The van der Waals surface area contributed by atoms with Gasteiger partial charge in [0.1, 0.15) is 5.82 Å². The number of carbonyl (C=O) groups excluding carboxylic acids is 2. The Labute approximate surface area is 165 Å². The molecule has 3 N–H and O–H groups in total. The van der Waals surface area contributed by atoms with Gasteiger partial charge >= 0.3 is 0 Å². The zero-order valence-corrected chi connectivity index (χ0v) is 16.0. The molecule has 1 atom stereocenters. The molecule has 1 unspecified atom stereocenters. The lowest BCUT2D eigenvalue weighted by Crippen LogP contribution is -2.23. The van der Waals surface area contributed by atoms with Gasteiger partial charge in [-0.3, -0.25) is 9.59 Å². The molecule has 3 aromatic rings. The van der Waals surface area contributed by atoms with Crippen LogP contribution in [-0.4, -0.2) is 31.8 Å². The molecule has 9 heteroatoms. The third-order valence-electron chi connectivity index (χ3n) is 3.99. The summed E-state index contributed by atoms with van der Waals surface area (Å²) in [6, 6.07) is 12.7. The first-order valence-corrected chi connectivity index (χ1v) is 9.28. The maximum atomic E-state index is 13.9. The molecule has 0 bridgehead atoms. The number of nitrogen functional groups attached to an aromatic ring is 1. The van der Waals surface area contributed by atoms with Crippen molar-refractivity contribution in [3.63, 3.8) is 0 Å². The lowest BCUT2D eigenvalue weighted by atomic mass is 10.1. The van der Waals surface area contributed by atoms with Gasteiger partial charge in [-0.15, -0.1) is 10.2 Å². The average Bonchev–Trinajstić information content (AvgIpc) is 3.03. The Morgan fingerprint density at radius 2 is 1.82 bits per heavy atom. The predicted molar refractivity (Wildman–Crippen MR) is 106 cm³/mol. The van der Waals surface area contributed by atoms with E-state index >= 15 is 0 Å². The molecular weight excluding hydrogens is 381 g/mol. The van der Waals surface area contributed by atoms with E-state index in [4.69, 9.17) is 5.84 Å². The minimum atomic E-state index is -0.535. The van der Waals surface area contributed by atoms with E-state index in [9.17, 15) is 14.0 Å². The summed E-state index contributed by atoms with van der Waals surface area (Å²) in [5.74, 6) is 5.39. The van der Waals surface area contributed by atoms with Crippen LogP contribution in [0.1, 0.15) is 24.2 Å².